The molecule has 16 nitrogen and oxygen atoms in total. The average Bonchev–Trinajstić information content (AvgIpc) is 4.07. The number of ether oxygens (including phenoxy) is 1. The minimum Gasteiger partial charge on any atom is -0.378 e. The number of aryl methyl sites for hydroxylation is 1. The number of halogens is 3. The van der Waals surface area contributed by atoms with Crippen LogP contribution in [0.2, 0.25) is 0 Å². The number of piperazine rings is 1. The van der Waals surface area contributed by atoms with Crippen molar-refractivity contribution in [3.63, 3.8) is 0 Å². The van der Waals surface area contributed by atoms with Gasteiger partial charge in [0.25, 0.3) is 0 Å². The number of nitrogens with one attached hydrogen (secondary N) is 1. The van der Waals surface area contributed by atoms with Crippen LogP contribution in [-0.2, 0) is 20.9 Å². The topological polar surface area (TPSA) is 146 Å². The van der Waals surface area contributed by atoms with Crippen molar-refractivity contribution in [3.05, 3.63) is 78.0 Å². The van der Waals surface area contributed by atoms with E-state index in [-0.39, 0.29) is 42.2 Å². The largest absolute Gasteiger partial charge is 0.378 e. The van der Waals surface area contributed by atoms with E-state index in [0.717, 1.165) is 50.6 Å². The van der Waals surface area contributed by atoms with E-state index in [2.05, 4.69) is 20.2 Å². The highest BCUT2D eigenvalue weighted by Crippen LogP contribution is 2.40. The Balaban J connectivity index is 0.985. The lowest BCUT2D eigenvalue weighted by Crippen LogP contribution is -2.69. The summed E-state index contributed by atoms with van der Waals surface area (Å²) in [4.78, 5) is 57.5. The lowest BCUT2D eigenvalue weighted by Gasteiger charge is -2.56. The molecule has 6 bridgehead atoms. The molecule has 2 aromatic carbocycles. The molecule has 5 saturated heterocycles. The van der Waals surface area contributed by atoms with E-state index >= 15 is 8.78 Å². The van der Waals surface area contributed by atoms with Crippen molar-refractivity contribution in [1.82, 2.24) is 49.0 Å². The number of fused-ring (bicyclic) bond motifs is 8. The Hall–Kier alpha value is -6.34. The fourth-order valence-electron chi connectivity index (χ4n) is 10.6. The van der Waals surface area contributed by atoms with Gasteiger partial charge in [0.15, 0.2) is 11.5 Å². The highest BCUT2D eigenvalue weighted by atomic mass is 19.1. The Labute approximate surface area is 366 Å². The summed E-state index contributed by atoms with van der Waals surface area (Å²) in [5.74, 6) is 0.233. The van der Waals surface area contributed by atoms with E-state index in [1.54, 1.807) is 25.3 Å². The number of hydrogen-bond donors (Lipinski definition) is 1. The highest BCUT2D eigenvalue weighted by Gasteiger charge is 2.47. The van der Waals surface area contributed by atoms with E-state index in [1.165, 1.54) is 28.9 Å². The van der Waals surface area contributed by atoms with Crippen LogP contribution in [0.15, 0.2) is 54.7 Å². The Morgan fingerprint density at radius 3 is 2.52 bits per heavy atom. The van der Waals surface area contributed by atoms with Crippen LogP contribution in [0.25, 0.3) is 39.0 Å². The molecule has 6 aliphatic heterocycles. The van der Waals surface area contributed by atoms with Crippen LogP contribution in [0, 0.1) is 24.4 Å². The lowest BCUT2D eigenvalue weighted by atomic mass is 9.88. The minimum absolute atomic E-state index is 0.0247. The molecule has 10 heterocycles. The Bertz CT molecular complexity index is 2820. The third kappa shape index (κ3) is 6.95. The monoisotopic (exact) mass is 875 g/mol. The van der Waals surface area contributed by atoms with Gasteiger partial charge in [-0.15, -0.1) is 0 Å². The quantitative estimate of drug-likeness (QED) is 0.243. The maximum atomic E-state index is 15.5. The van der Waals surface area contributed by atoms with E-state index in [9.17, 15) is 14.0 Å². The molecule has 5 fully saturated rings. The third-order valence-corrected chi connectivity index (χ3v) is 13.7. The number of imidazole rings is 1. The second-order valence-corrected chi connectivity index (χ2v) is 17.8. The standard InChI is InChI=1S/C45H48F3N13O3/c1-25-50-36-16-27(47)14-32-35-6-4-7-39(52-35)51-28-17-38(44(63)55(2)23-31(64-3)24-58(25)41(32)36)59(20-28)42-33-19-49-61(37-10-9-26(46)15-34(37)48)43(33)54-45(53-42)60-29-18-30(60)22-56(21-29)12-13-57-11-5-8-40(57)62/h4,6-7,9-10,14-16,19,28-31,38H,5,8,11-13,17-18,20-24H2,1-3H3,(H,51,52)/t28?,29?,30?,31-,38-/m0/s1. The van der Waals surface area contributed by atoms with Crippen molar-refractivity contribution in [2.45, 2.75) is 69.4 Å². The molecular weight excluding hydrogens is 828 g/mol. The van der Waals surface area contributed by atoms with Crippen molar-refractivity contribution in [3.8, 4) is 16.9 Å². The third-order valence-electron chi connectivity index (χ3n) is 13.7. The number of methoxy groups -OCH3 is 1. The highest BCUT2D eigenvalue weighted by molar-refractivity contribution is 5.94. The average molecular weight is 876 g/mol. The number of anilines is 3. The molecule has 2 amide bonds. The van der Waals surface area contributed by atoms with Crippen molar-refractivity contribution < 1.29 is 27.5 Å². The lowest BCUT2D eigenvalue weighted by molar-refractivity contribution is -0.132. The van der Waals surface area contributed by atoms with Gasteiger partial charge >= 0.3 is 0 Å². The van der Waals surface area contributed by atoms with Crippen molar-refractivity contribution >= 4 is 51.5 Å². The summed E-state index contributed by atoms with van der Waals surface area (Å²) in [5, 5.41) is 8.68. The number of nitrogens with zero attached hydrogens (tertiary/aromatic N) is 12. The van der Waals surface area contributed by atoms with Gasteiger partial charge in [-0.2, -0.15) is 15.1 Å². The van der Waals surface area contributed by atoms with Gasteiger partial charge in [0.1, 0.15) is 40.8 Å². The smallest absolute Gasteiger partial charge is 0.245 e. The summed E-state index contributed by atoms with van der Waals surface area (Å²) >= 11 is 0. The Kier molecular flexibility index (Phi) is 9.93. The fraction of sp³-hybridized carbons (Fsp3) is 0.444. The second kappa shape index (κ2) is 15.7. The predicted molar refractivity (Wildman–Crippen MR) is 233 cm³/mol. The molecule has 4 aromatic heterocycles. The zero-order valence-electron chi connectivity index (χ0n) is 35.8. The first-order valence-corrected chi connectivity index (χ1v) is 21.9. The van der Waals surface area contributed by atoms with Crippen LogP contribution >= 0.6 is 0 Å². The molecule has 6 aliphatic rings. The predicted octanol–water partition coefficient (Wildman–Crippen LogP) is 4.38. The second-order valence-electron chi connectivity index (χ2n) is 17.8. The summed E-state index contributed by atoms with van der Waals surface area (Å²) in [7, 11) is 3.37. The van der Waals surface area contributed by atoms with Gasteiger partial charge < -0.3 is 34.2 Å². The van der Waals surface area contributed by atoms with Crippen molar-refractivity contribution in [1.29, 1.82) is 0 Å². The maximum Gasteiger partial charge on any atom is 0.245 e. The summed E-state index contributed by atoms with van der Waals surface area (Å²) in [6.45, 7) is 6.58. The zero-order valence-corrected chi connectivity index (χ0v) is 35.8. The number of benzene rings is 2. The number of likely N-dealkylation sites (tertiary alicyclic amines) is 1. The molecule has 3 unspecified atom stereocenters. The van der Waals surface area contributed by atoms with Crippen LogP contribution in [-0.4, -0.2) is 151 Å². The van der Waals surface area contributed by atoms with E-state index in [0.29, 0.717) is 83.7 Å². The van der Waals surface area contributed by atoms with Crippen LogP contribution in [0.5, 0.6) is 0 Å². The number of piperidine rings is 1. The number of aromatic nitrogens is 7. The number of hydrogen-bond acceptors (Lipinski definition) is 12. The van der Waals surface area contributed by atoms with Gasteiger partial charge in [-0.1, -0.05) is 6.07 Å². The fourth-order valence-corrected chi connectivity index (χ4v) is 10.6. The molecule has 0 saturated carbocycles. The number of rotatable bonds is 7. The Morgan fingerprint density at radius 1 is 0.891 bits per heavy atom. The molecule has 0 aliphatic carbocycles. The van der Waals surface area contributed by atoms with Gasteiger partial charge in [0, 0.05) is 102 Å². The number of pyridine rings is 1. The number of carbonyl (C=O) groups excluding carboxylic acids is 2. The number of amides is 2. The van der Waals surface area contributed by atoms with Crippen LogP contribution in [0.3, 0.4) is 0 Å². The van der Waals surface area contributed by atoms with E-state index < -0.39 is 29.6 Å². The van der Waals surface area contributed by atoms with Crippen molar-refractivity contribution in [2.24, 2.45) is 0 Å². The summed E-state index contributed by atoms with van der Waals surface area (Å²) < 4.78 is 54.3. The molecule has 0 spiro atoms. The summed E-state index contributed by atoms with van der Waals surface area (Å²) in [6.07, 6.45) is 3.95. The normalized spacial score (nSPS) is 23.8. The molecule has 0 radical (unpaired) electrons. The number of likely N-dealkylation sites (N-methyl/N-ethyl adjacent to an activating group) is 1. The summed E-state index contributed by atoms with van der Waals surface area (Å²) in [6, 6.07) is 11.0. The van der Waals surface area contributed by atoms with Crippen LogP contribution in [0.1, 0.15) is 31.5 Å². The maximum absolute atomic E-state index is 15.5. The van der Waals surface area contributed by atoms with Gasteiger partial charge in [0.05, 0.1) is 41.0 Å². The van der Waals surface area contributed by atoms with Gasteiger partial charge in [-0.3, -0.25) is 14.5 Å². The molecule has 12 rings (SSSR count). The molecule has 5 atom stereocenters. The molecular formula is C45H48F3N13O3. The first-order valence-electron chi connectivity index (χ1n) is 21.9. The minimum atomic E-state index is -0.799. The number of carbonyl (C=O) groups is 2. The van der Waals surface area contributed by atoms with Gasteiger partial charge in [-0.05, 0) is 56.5 Å². The van der Waals surface area contributed by atoms with Crippen molar-refractivity contribution in [2.75, 3.05) is 75.1 Å². The first kappa shape index (κ1) is 40.4. The van der Waals surface area contributed by atoms with Gasteiger partial charge in [0.2, 0.25) is 17.8 Å². The van der Waals surface area contributed by atoms with Crippen LogP contribution < -0.4 is 15.1 Å². The Morgan fingerprint density at radius 2 is 1.73 bits per heavy atom. The summed E-state index contributed by atoms with van der Waals surface area (Å²) in [5.41, 5.74) is 2.72. The molecule has 6 aromatic rings. The molecule has 64 heavy (non-hydrogen) atoms. The molecule has 1 N–H and O–H groups in total. The van der Waals surface area contributed by atoms with E-state index in [4.69, 9.17) is 24.7 Å². The van der Waals surface area contributed by atoms with Crippen LogP contribution in [0.4, 0.5) is 30.8 Å². The van der Waals surface area contributed by atoms with Gasteiger partial charge in [-0.25, -0.2) is 27.8 Å². The SMILES string of the molecule is CO[C@H]1CN(C)C(=O)[C@@H]2CC(CN2c2nc(N3C4CC3CN(CCN3CCCC3=O)C4)nc3c2cnn3-c2ccc(F)cc2F)Nc2cccc(n2)-c2cc(F)cc3nc(C)n(c23)C1. The zero-order chi connectivity index (χ0) is 44.0. The molecule has 332 valence electrons. The van der Waals surface area contributed by atoms with E-state index in [1.807, 2.05) is 39.5 Å². The first-order chi connectivity index (χ1) is 31.0. The molecule has 19 heteroatoms.